The number of rotatable bonds is 31. The van der Waals surface area contributed by atoms with E-state index in [1.165, 1.54) is 91.0 Å². The first-order valence-corrected chi connectivity index (χ1v) is 21.4. The molecule has 0 aliphatic rings. The van der Waals surface area contributed by atoms with E-state index in [2.05, 4.69) is 25.6 Å². The molecule has 1 atom stereocenters. The Hall–Kier alpha value is -7.38. The molecule has 0 saturated heterocycles. The molecule has 18 nitrogen and oxygen atoms in total. The number of carbonyl (C=O) groups is 6. The zero-order valence-corrected chi connectivity index (χ0v) is 36.1. The summed E-state index contributed by atoms with van der Waals surface area (Å²) in [4.78, 5) is 117. The number of hydrogen-bond donors (Lipinski definition) is 2. The quantitative estimate of drug-likeness (QED) is 0.0162. The molecule has 18 heteroatoms. The lowest BCUT2D eigenvalue weighted by atomic mass is 10.1. The van der Waals surface area contributed by atoms with Gasteiger partial charge in [0.15, 0.2) is 0 Å². The number of nitrogens with zero attached hydrogens (tertiary/aromatic N) is 3. The summed E-state index contributed by atoms with van der Waals surface area (Å²) in [5.41, 5.74) is 1.77. The summed E-state index contributed by atoms with van der Waals surface area (Å²) in [6, 6.07) is 17.2. The Labute approximate surface area is 376 Å². The summed E-state index contributed by atoms with van der Waals surface area (Å²) in [6.07, 6.45) is 11.2. The van der Waals surface area contributed by atoms with Gasteiger partial charge in [0.2, 0.25) is 30.1 Å². The number of nitrogens with one attached hydrogen (secondary N) is 2. The monoisotopic (exact) mass is 895 g/mol. The maximum Gasteiger partial charge on any atom is 0.338 e. The molecule has 0 aliphatic carbocycles. The average molecular weight is 896 g/mol. The van der Waals surface area contributed by atoms with Crippen molar-refractivity contribution in [2.24, 2.45) is 15.0 Å². The fraction of sp³-hybridized carbons (Fsp3) is 0.426. The first-order chi connectivity index (χ1) is 31.6. The first-order valence-electron chi connectivity index (χ1n) is 21.4. The van der Waals surface area contributed by atoms with Gasteiger partial charge in [-0.25, -0.2) is 28.8 Å². The molecule has 344 valence electrons. The molecular formula is C47H53N5O13. The first kappa shape index (κ1) is 52.0. The van der Waals surface area contributed by atoms with Crippen LogP contribution in [-0.4, -0.2) is 86.3 Å². The van der Waals surface area contributed by atoms with Gasteiger partial charge >= 0.3 is 23.9 Å². The van der Waals surface area contributed by atoms with Crippen molar-refractivity contribution in [3.8, 4) is 5.75 Å². The maximum absolute atomic E-state index is 13.1. The number of benzene rings is 3. The summed E-state index contributed by atoms with van der Waals surface area (Å²) in [5.74, 6) is -2.20. The lowest BCUT2D eigenvalue weighted by Crippen LogP contribution is -2.42. The molecule has 3 aromatic rings. The fourth-order valence-corrected chi connectivity index (χ4v) is 6.03. The van der Waals surface area contributed by atoms with Crippen molar-refractivity contribution < 1.29 is 62.1 Å². The molecule has 0 bridgehead atoms. The van der Waals surface area contributed by atoms with E-state index in [1.807, 2.05) is 0 Å². The summed E-state index contributed by atoms with van der Waals surface area (Å²) < 4.78 is 21.3. The zero-order chi connectivity index (χ0) is 46.9. The predicted octanol–water partition coefficient (Wildman–Crippen LogP) is 7.20. The molecule has 0 aromatic heterocycles. The minimum Gasteiger partial charge on any atom is -0.464 e. The number of carbonyl (C=O) groups excluding carboxylic acids is 9. The average Bonchev–Trinajstić information content (AvgIpc) is 3.30. The fourth-order valence-electron chi connectivity index (χ4n) is 6.03. The standard InChI is InChI=1S/C47H53N5O13/c53-32-49-37-20-16-35(17-21-37)45(59)62-29-9-1-4-13-42(56)48-28-8-7-12-41(47(61)64-31-11-3-6-15-44(58)65-40-26-24-39(25-27-40)51-34-55)52-43(57)14-5-2-10-30-63-46(60)36-18-22-38(23-19-36)50-33-54/h16-27,41H,1-15,28-31H2,(H,48,56)(H,52,57). The summed E-state index contributed by atoms with van der Waals surface area (Å²) in [7, 11) is 0. The molecule has 0 aliphatic heterocycles. The number of esters is 4. The number of ether oxygens (including phenoxy) is 4. The van der Waals surface area contributed by atoms with E-state index in [9.17, 15) is 43.2 Å². The molecule has 0 saturated carbocycles. The van der Waals surface area contributed by atoms with Crippen LogP contribution in [0.5, 0.6) is 5.75 Å². The third-order valence-electron chi connectivity index (χ3n) is 9.49. The van der Waals surface area contributed by atoms with Gasteiger partial charge in [-0.3, -0.25) is 14.4 Å². The van der Waals surface area contributed by atoms with Crippen LogP contribution in [0.3, 0.4) is 0 Å². The number of amides is 2. The molecule has 65 heavy (non-hydrogen) atoms. The van der Waals surface area contributed by atoms with Gasteiger partial charge in [-0.15, -0.1) is 0 Å². The van der Waals surface area contributed by atoms with Crippen LogP contribution < -0.4 is 15.4 Å². The molecule has 3 aromatic carbocycles. The largest absolute Gasteiger partial charge is 0.464 e. The van der Waals surface area contributed by atoms with Crippen molar-refractivity contribution in [3.63, 3.8) is 0 Å². The van der Waals surface area contributed by atoms with Crippen LogP contribution in [0.25, 0.3) is 0 Å². The van der Waals surface area contributed by atoms with Gasteiger partial charge < -0.3 is 29.6 Å². The third-order valence-corrected chi connectivity index (χ3v) is 9.49. The smallest absolute Gasteiger partial charge is 0.338 e. The predicted molar refractivity (Wildman–Crippen MR) is 234 cm³/mol. The molecular weight excluding hydrogens is 843 g/mol. The van der Waals surface area contributed by atoms with Crippen molar-refractivity contribution in [2.75, 3.05) is 26.4 Å². The van der Waals surface area contributed by atoms with E-state index in [0.717, 1.165) is 0 Å². The molecule has 2 N–H and O–H groups in total. The number of aliphatic imine (C=N–C) groups is 3. The van der Waals surface area contributed by atoms with Gasteiger partial charge in [0.25, 0.3) is 0 Å². The summed E-state index contributed by atoms with van der Waals surface area (Å²) in [6.45, 7) is 0.793. The number of hydrogen-bond acceptors (Lipinski definition) is 16. The van der Waals surface area contributed by atoms with Gasteiger partial charge in [-0.1, -0.05) is 0 Å². The highest BCUT2D eigenvalue weighted by Crippen LogP contribution is 2.19. The van der Waals surface area contributed by atoms with E-state index >= 15 is 0 Å². The van der Waals surface area contributed by atoms with Crippen molar-refractivity contribution in [3.05, 3.63) is 83.9 Å². The van der Waals surface area contributed by atoms with Crippen LogP contribution in [0, 0.1) is 0 Å². The molecule has 3 rings (SSSR count). The van der Waals surface area contributed by atoms with Crippen LogP contribution in [0.4, 0.5) is 17.1 Å². The van der Waals surface area contributed by atoms with E-state index in [0.29, 0.717) is 118 Å². The number of isocyanates is 3. The van der Waals surface area contributed by atoms with Crippen molar-refractivity contribution in [2.45, 2.75) is 102 Å². The lowest BCUT2D eigenvalue weighted by Gasteiger charge is -2.18. The van der Waals surface area contributed by atoms with E-state index < -0.39 is 29.9 Å². The highest BCUT2D eigenvalue weighted by atomic mass is 16.5. The molecule has 0 fully saturated rings. The van der Waals surface area contributed by atoms with Gasteiger partial charge in [0.1, 0.15) is 11.8 Å². The molecule has 0 spiro atoms. The SMILES string of the molecule is O=C=Nc1ccc(OC(=O)CCCCCOC(=O)C(CCCCNC(=O)CCCCCOC(=O)c2ccc(N=C=O)cc2)NC(=O)CCCCCOC(=O)c2ccc(N=C=O)cc2)cc1. The van der Waals surface area contributed by atoms with Crippen molar-refractivity contribution in [1.82, 2.24) is 10.6 Å². The zero-order valence-electron chi connectivity index (χ0n) is 36.1. The second-order valence-electron chi connectivity index (χ2n) is 14.5. The van der Waals surface area contributed by atoms with Crippen LogP contribution >= 0.6 is 0 Å². The molecule has 2 amide bonds. The molecule has 0 radical (unpaired) electrons. The van der Waals surface area contributed by atoms with Crippen LogP contribution in [-0.2, 0) is 47.8 Å². The van der Waals surface area contributed by atoms with E-state index in [4.69, 9.17) is 18.9 Å². The van der Waals surface area contributed by atoms with Crippen LogP contribution in [0.15, 0.2) is 87.8 Å². The van der Waals surface area contributed by atoms with E-state index in [1.54, 1.807) is 0 Å². The highest BCUT2D eigenvalue weighted by molar-refractivity contribution is 5.90. The van der Waals surface area contributed by atoms with Gasteiger partial charge in [0, 0.05) is 25.8 Å². The van der Waals surface area contributed by atoms with Crippen molar-refractivity contribution in [1.29, 1.82) is 0 Å². The van der Waals surface area contributed by atoms with Crippen LogP contribution in [0.2, 0.25) is 0 Å². The Morgan fingerprint density at radius 3 is 1.43 bits per heavy atom. The van der Waals surface area contributed by atoms with Gasteiger partial charge in [0.05, 0.1) is 48.0 Å². The Morgan fingerprint density at radius 1 is 0.492 bits per heavy atom. The minimum atomic E-state index is -0.911. The molecule has 0 heterocycles. The summed E-state index contributed by atoms with van der Waals surface area (Å²) in [5, 5.41) is 5.64. The Bertz CT molecular complexity index is 2140. The summed E-state index contributed by atoms with van der Waals surface area (Å²) >= 11 is 0. The minimum absolute atomic E-state index is 0.0835. The normalized spacial score (nSPS) is 10.7. The Morgan fingerprint density at radius 2 is 0.938 bits per heavy atom. The second kappa shape index (κ2) is 31.5. The maximum atomic E-state index is 13.1. The molecule has 1 unspecified atom stereocenters. The topological polar surface area (TPSA) is 252 Å². The van der Waals surface area contributed by atoms with Crippen molar-refractivity contribution >= 4 is 71.0 Å². The Balaban J connectivity index is 1.34. The number of unbranched alkanes of at least 4 members (excludes halogenated alkanes) is 7. The second-order valence-corrected chi connectivity index (χ2v) is 14.5. The van der Waals surface area contributed by atoms with Gasteiger partial charge in [-0.2, -0.15) is 15.0 Å². The lowest BCUT2D eigenvalue weighted by molar-refractivity contribution is -0.148. The highest BCUT2D eigenvalue weighted by Gasteiger charge is 2.22. The van der Waals surface area contributed by atoms with Gasteiger partial charge in [-0.05, 0) is 150 Å². The Kier molecular flexibility index (Phi) is 25.1. The van der Waals surface area contributed by atoms with E-state index in [-0.39, 0.29) is 50.9 Å². The van der Waals surface area contributed by atoms with Crippen LogP contribution in [0.1, 0.15) is 117 Å². The third kappa shape index (κ3) is 22.5.